The number of thioether (sulfide) groups is 1. The van der Waals surface area contributed by atoms with Gasteiger partial charge in [-0.05, 0) is 26.0 Å². The molecule has 0 saturated heterocycles. The number of ether oxygens (including phenoxy) is 3. The monoisotopic (exact) mass is 414 g/mol. The maximum Gasteiger partial charge on any atom is 0.277 e. The first-order valence-electron chi connectivity index (χ1n) is 8.88. The van der Waals surface area contributed by atoms with Crippen LogP contribution in [-0.2, 0) is 0 Å². The second kappa shape index (κ2) is 9.00. The standard InChI is InChI=1S/C21H22N2O5S/c1-12-6-8-14(9-7-12)18(24)13(2)29-21-23-22-20(28-21)15-10-16(25-3)19(27-5)17(11-15)26-4/h6-11,13H,1-5H3. The fourth-order valence-corrected chi connectivity index (χ4v) is 3.50. The topological polar surface area (TPSA) is 83.7 Å². The van der Waals surface area contributed by atoms with Crippen molar-refractivity contribution in [2.24, 2.45) is 0 Å². The fourth-order valence-electron chi connectivity index (χ4n) is 2.74. The summed E-state index contributed by atoms with van der Waals surface area (Å²) in [6, 6.07) is 10.9. The van der Waals surface area contributed by atoms with E-state index in [0.717, 1.165) is 5.56 Å². The number of ketones is 1. The lowest BCUT2D eigenvalue weighted by atomic mass is 10.1. The molecule has 8 heteroatoms. The number of methoxy groups -OCH3 is 3. The number of rotatable bonds is 8. The van der Waals surface area contributed by atoms with Crippen molar-refractivity contribution in [3.05, 3.63) is 47.5 Å². The quantitative estimate of drug-likeness (QED) is 0.395. The third-order valence-electron chi connectivity index (χ3n) is 4.30. The molecule has 0 aliphatic carbocycles. The second-order valence-electron chi connectivity index (χ2n) is 6.28. The number of carbonyl (C=O) groups excluding carboxylic acids is 1. The largest absolute Gasteiger partial charge is 0.493 e. The van der Waals surface area contributed by atoms with E-state index in [4.69, 9.17) is 18.6 Å². The highest BCUT2D eigenvalue weighted by atomic mass is 32.2. The molecule has 0 radical (unpaired) electrons. The zero-order chi connectivity index (χ0) is 21.0. The van der Waals surface area contributed by atoms with Gasteiger partial charge in [-0.25, -0.2) is 0 Å². The maximum absolute atomic E-state index is 12.6. The molecule has 1 unspecified atom stereocenters. The van der Waals surface area contributed by atoms with Crippen LogP contribution in [0.5, 0.6) is 17.2 Å². The summed E-state index contributed by atoms with van der Waals surface area (Å²) in [6.07, 6.45) is 0. The minimum Gasteiger partial charge on any atom is -0.493 e. The van der Waals surface area contributed by atoms with E-state index in [1.54, 1.807) is 12.1 Å². The smallest absolute Gasteiger partial charge is 0.277 e. The van der Waals surface area contributed by atoms with Crippen molar-refractivity contribution in [3.8, 4) is 28.7 Å². The van der Waals surface area contributed by atoms with E-state index >= 15 is 0 Å². The number of aryl methyl sites for hydroxylation is 1. The normalized spacial score (nSPS) is 11.8. The van der Waals surface area contributed by atoms with Crippen molar-refractivity contribution < 1.29 is 23.4 Å². The molecule has 29 heavy (non-hydrogen) atoms. The van der Waals surface area contributed by atoms with Crippen LogP contribution in [0.2, 0.25) is 0 Å². The van der Waals surface area contributed by atoms with E-state index in [1.807, 2.05) is 38.1 Å². The Hall–Kier alpha value is -3.00. The van der Waals surface area contributed by atoms with Crippen LogP contribution in [0.1, 0.15) is 22.8 Å². The van der Waals surface area contributed by atoms with E-state index in [9.17, 15) is 4.79 Å². The predicted molar refractivity (Wildman–Crippen MR) is 110 cm³/mol. The molecule has 1 atom stereocenters. The number of aromatic nitrogens is 2. The van der Waals surface area contributed by atoms with E-state index in [0.29, 0.717) is 39.5 Å². The molecule has 3 rings (SSSR count). The van der Waals surface area contributed by atoms with Crippen molar-refractivity contribution in [1.29, 1.82) is 0 Å². The molecular formula is C21H22N2O5S. The predicted octanol–water partition coefficient (Wildman–Crippen LogP) is 4.43. The molecule has 152 valence electrons. The molecule has 0 aliphatic rings. The van der Waals surface area contributed by atoms with Crippen LogP contribution in [-0.4, -0.2) is 42.6 Å². The number of hydrogen-bond acceptors (Lipinski definition) is 8. The Labute approximate surface area is 173 Å². The summed E-state index contributed by atoms with van der Waals surface area (Å²) in [5.74, 6) is 1.74. The van der Waals surface area contributed by atoms with Gasteiger partial charge in [-0.15, -0.1) is 10.2 Å². The van der Waals surface area contributed by atoms with E-state index in [-0.39, 0.29) is 11.0 Å². The minimum atomic E-state index is -0.369. The Balaban J connectivity index is 1.80. The lowest BCUT2D eigenvalue weighted by Crippen LogP contribution is -2.13. The first-order chi connectivity index (χ1) is 14.0. The third-order valence-corrected chi connectivity index (χ3v) is 5.24. The van der Waals surface area contributed by atoms with Crippen molar-refractivity contribution in [3.63, 3.8) is 0 Å². The number of hydrogen-bond donors (Lipinski definition) is 0. The molecule has 0 saturated carbocycles. The summed E-state index contributed by atoms with van der Waals surface area (Å²) < 4.78 is 21.8. The highest BCUT2D eigenvalue weighted by Gasteiger charge is 2.21. The zero-order valence-corrected chi connectivity index (χ0v) is 17.7. The van der Waals surface area contributed by atoms with Gasteiger partial charge in [0.15, 0.2) is 17.3 Å². The molecule has 0 N–H and O–H groups in total. The SMILES string of the molecule is COc1cc(-c2nnc(SC(C)C(=O)c3ccc(C)cc3)o2)cc(OC)c1OC. The van der Waals surface area contributed by atoms with Gasteiger partial charge in [0, 0.05) is 11.1 Å². The Bertz CT molecular complexity index is 976. The molecule has 0 amide bonds. The maximum atomic E-state index is 12.6. The van der Waals surface area contributed by atoms with Crippen molar-refractivity contribution in [2.75, 3.05) is 21.3 Å². The molecule has 1 aromatic heterocycles. The molecule has 0 spiro atoms. The van der Waals surface area contributed by atoms with Crippen LogP contribution < -0.4 is 14.2 Å². The van der Waals surface area contributed by atoms with Gasteiger partial charge in [0.2, 0.25) is 11.6 Å². The highest BCUT2D eigenvalue weighted by Crippen LogP contribution is 2.41. The van der Waals surface area contributed by atoms with Crippen LogP contribution in [0.3, 0.4) is 0 Å². The average Bonchev–Trinajstić information content (AvgIpc) is 3.21. The Kier molecular flexibility index (Phi) is 6.43. The van der Waals surface area contributed by atoms with Gasteiger partial charge in [-0.3, -0.25) is 4.79 Å². The average molecular weight is 414 g/mol. The summed E-state index contributed by atoms with van der Waals surface area (Å²) in [4.78, 5) is 12.6. The summed E-state index contributed by atoms with van der Waals surface area (Å²) in [5, 5.41) is 8.08. The Morgan fingerprint density at radius 1 is 1.00 bits per heavy atom. The Morgan fingerprint density at radius 3 is 2.17 bits per heavy atom. The van der Waals surface area contributed by atoms with Gasteiger partial charge >= 0.3 is 0 Å². The van der Waals surface area contributed by atoms with E-state index < -0.39 is 0 Å². The van der Waals surface area contributed by atoms with Crippen LogP contribution >= 0.6 is 11.8 Å². The first-order valence-corrected chi connectivity index (χ1v) is 9.76. The molecule has 0 aliphatic heterocycles. The summed E-state index contributed by atoms with van der Waals surface area (Å²) in [5.41, 5.74) is 2.38. The Morgan fingerprint density at radius 2 is 1.62 bits per heavy atom. The van der Waals surface area contributed by atoms with Gasteiger partial charge in [-0.2, -0.15) is 0 Å². The molecule has 2 aromatic carbocycles. The van der Waals surface area contributed by atoms with Crippen molar-refractivity contribution >= 4 is 17.5 Å². The lowest BCUT2D eigenvalue weighted by molar-refractivity contribution is 0.0993. The molecule has 0 fully saturated rings. The van der Waals surface area contributed by atoms with Crippen molar-refractivity contribution in [1.82, 2.24) is 10.2 Å². The van der Waals surface area contributed by atoms with Crippen LogP contribution in [0.4, 0.5) is 0 Å². The summed E-state index contributed by atoms with van der Waals surface area (Å²) in [7, 11) is 4.61. The number of benzene rings is 2. The second-order valence-corrected chi connectivity index (χ2v) is 7.57. The highest BCUT2D eigenvalue weighted by molar-refractivity contribution is 8.00. The minimum absolute atomic E-state index is 0.00235. The van der Waals surface area contributed by atoms with Gasteiger partial charge < -0.3 is 18.6 Å². The molecule has 0 bridgehead atoms. The van der Waals surface area contributed by atoms with E-state index in [2.05, 4.69) is 10.2 Å². The van der Waals surface area contributed by atoms with Crippen molar-refractivity contribution in [2.45, 2.75) is 24.3 Å². The van der Waals surface area contributed by atoms with Crippen LogP contribution in [0, 0.1) is 6.92 Å². The van der Waals surface area contributed by atoms with E-state index in [1.165, 1.54) is 33.1 Å². The fraction of sp³-hybridized carbons (Fsp3) is 0.286. The summed E-state index contributed by atoms with van der Waals surface area (Å²) in [6.45, 7) is 3.80. The number of Topliss-reactive ketones (excluding diaryl/α,β-unsaturated/α-hetero) is 1. The zero-order valence-electron chi connectivity index (χ0n) is 16.9. The van der Waals surface area contributed by atoms with Gasteiger partial charge in [0.25, 0.3) is 5.22 Å². The number of carbonyl (C=O) groups is 1. The first kappa shape index (κ1) is 20.7. The third kappa shape index (κ3) is 4.54. The van der Waals surface area contributed by atoms with Gasteiger partial charge in [0.1, 0.15) is 0 Å². The molecule has 7 nitrogen and oxygen atoms in total. The van der Waals surface area contributed by atoms with Crippen LogP contribution in [0.15, 0.2) is 46.0 Å². The van der Waals surface area contributed by atoms with Gasteiger partial charge in [0.05, 0.1) is 26.6 Å². The van der Waals surface area contributed by atoms with Crippen LogP contribution in [0.25, 0.3) is 11.5 Å². The molecular weight excluding hydrogens is 392 g/mol. The molecule has 3 aromatic rings. The lowest BCUT2D eigenvalue weighted by Gasteiger charge is -2.12. The molecule has 1 heterocycles. The number of nitrogens with zero attached hydrogens (tertiary/aromatic N) is 2. The summed E-state index contributed by atoms with van der Waals surface area (Å²) >= 11 is 1.22. The van der Waals surface area contributed by atoms with Gasteiger partial charge in [-0.1, -0.05) is 41.6 Å².